The highest BCUT2D eigenvalue weighted by Gasteiger charge is 2.25. The second kappa shape index (κ2) is 5.91. The normalized spacial score (nSPS) is 12.3. The number of likely N-dealkylation sites (N-methyl/N-ethyl adjacent to an activating group) is 1. The fourth-order valence-corrected chi connectivity index (χ4v) is 1.27. The predicted molar refractivity (Wildman–Crippen MR) is 54.0 cm³/mol. The predicted octanol–water partition coefficient (Wildman–Crippen LogP) is 1.86. The maximum absolute atomic E-state index is 11.8. The Morgan fingerprint density at radius 1 is 1.44 bits per heavy atom. The Balaban J connectivity index is 2.09. The van der Waals surface area contributed by atoms with E-state index in [0.717, 1.165) is 5.56 Å². The van der Waals surface area contributed by atoms with Crippen molar-refractivity contribution in [1.29, 1.82) is 0 Å². The van der Waals surface area contributed by atoms with Gasteiger partial charge < -0.3 is 14.6 Å². The van der Waals surface area contributed by atoms with Crippen molar-refractivity contribution < 1.29 is 17.6 Å². The summed E-state index contributed by atoms with van der Waals surface area (Å²) in [4.78, 5) is 1.92. The van der Waals surface area contributed by atoms with E-state index in [0.29, 0.717) is 19.6 Å². The molecule has 0 aliphatic rings. The van der Waals surface area contributed by atoms with Crippen LogP contribution in [0.1, 0.15) is 5.56 Å². The number of hydrogen-bond acceptors (Lipinski definition) is 3. The van der Waals surface area contributed by atoms with Gasteiger partial charge in [-0.1, -0.05) is 0 Å². The summed E-state index contributed by atoms with van der Waals surface area (Å²) in [5, 5.41) is 2.35. The summed E-state index contributed by atoms with van der Waals surface area (Å²) in [6.45, 7) is 0.603. The van der Waals surface area contributed by atoms with E-state index < -0.39 is 12.7 Å². The Kier molecular flexibility index (Phi) is 4.82. The van der Waals surface area contributed by atoms with Crippen LogP contribution in [0.5, 0.6) is 0 Å². The zero-order chi connectivity index (χ0) is 12.0. The summed E-state index contributed by atoms with van der Waals surface area (Å²) in [5.41, 5.74) is 1.01. The number of furan rings is 1. The first-order valence-electron chi connectivity index (χ1n) is 4.94. The molecule has 0 radical (unpaired) electrons. The van der Waals surface area contributed by atoms with Crippen LogP contribution in [0.4, 0.5) is 13.2 Å². The zero-order valence-corrected chi connectivity index (χ0v) is 9.05. The molecular formula is C10H15F3N2O. The topological polar surface area (TPSA) is 28.4 Å². The van der Waals surface area contributed by atoms with Gasteiger partial charge >= 0.3 is 6.18 Å². The minimum Gasteiger partial charge on any atom is -0.472 e. The molecule has 16 heavy (non-hydrogen) atoms. The average molecular weight is 236 g/mol. The van der Waals surface area contributed by atoms with Crippen molar-refractivity contribution in [2.24, 2.45) is 0 Å². The Morgan fingerprint density at radius 3 is 2.75 bits per heavy atom. The number of nitrogens with one attached hydrogen (secondary N) is 1. The molecule has 0 unspecified atom stereocenters. The number of alkyl halides is 3. The van der Waals surface area contributed by atoms with Gasteiger partial charge in [-0.25, -0.2) is 0 Å². The minimum atomic E-state index is -4.14. The maximum Gasteiger partial charge on any atom is 0.401 e. The highest BCUT2D eigenvalue weighted by Crippen LogP contribution is 2.11. The quantitative estimate of drug-likeness (QED) is 0.764. The van der Waals surface area contributed by atoms with Crippen molar-refractivity contribution >= 4 is 0 Å². The molecule has 1 N–H and O–H groups in total. The third kappa shape index (κ3) is 5.77. The lowest BCUT2D eigenvalue weighted by Crippen LogP contribution is -2.34. The lowest BCUT2D eigenvalue weighted by molar-refractivity contribution is -0.124. The molecular weight excluding hydrogens is 221 g/mol. The van der Waals surface area contributed by atoms with Gasteiger partial charge in [0.25, 0.3) is 0 Å². The van der Waals surface area contributed by atoms with Crippen LogP contribution in [-0.4, -0.2) is 37.8 Å². The molecule has 0 fully saturated rings. The summed E-state index contributed by atoms with van der Waals surface area (Å²) < 4.78 is 40.3. The van der Waals surface area contributed by atoms with E-state index in [9.17, 15) is 13.2 Å². The summed E-state index contributed by atoms with van der Waals surface area (Å²) in [6, 6.07) is 1.83. The molecule has 0 aliphatic heterocycles. The van der Waals surface area contributed by atoms with Crippen LogP contribution in [0.2, 0.25) is 0 Å². The highest BCUT2D eigenvalue weighted by atomic mass is 19.4. The van der Waals surface area contributed by atoms with Crippen molar-refractivity contribution in [2.75, 3.05) is 26.7 Å². The molecule has 1 aromatic rings. The number of nitrogens with zero attached hydrogens (tertiary/aromatic N) is 1. The van der Waals surface area contributed by atoms with Gasteiger partial charge in [0.15, 0.2) is 0 Å². The summed E-state index contributed by atoms with van der Waals surface area (Å²) >= 11 is 0. The van der Waals surface area contributed by atoms with Crippen LogP contribution in [0.15, 0.2) is 23.0 Å². The van der Waals surface area contributed by atoms with Gasteiger partial charge in [0.2, 0.25) is 0 Å². The van der Waals surface area contributed by atoms with Crippen LogP contribution in [-0.2, 0) is 6.54 Å². The first-order chi connectivity index (χ1) is 7.47. The van der Waals surface area contributed by atoms with Gasteiger partial charge in [-0.15, -0.1) is 0 Å². The fraction of sp³-hybridized carbons (Fsp3) is 0.600. The second-order valence-corrected chi connectivity index (χ2v) is 3.66. The van der Waals surface area contributed by atoms with E-state index >= 15 is 0 Å². The molecule has 3 nitrogen and oxygen atoms in total. The summed E-state index contributed by atoms with van der Waals surface area (Å²) in [7, 11) is 1.85. The summed E-state index contributed by atoms with van der Waals surface area (Å²) in [5.74, 6) is 0. The van der Waals surface area contributed by atoms with Crippen molar-refractivity contribution in [1.82, 2.24) is 10.2 Å². The molecule has 0 spiro atoms. The number of halogens is 3. The van der Waals surface area contributed by atoms with E-state index in [4.69, 9.17) is 4.42 Å². The Morgan fingerprint density at radius 2 is 2.19 bits per heavy atom. The molecule has 0 amide bonds. The SMILES string of the molecule is CN(CCNCC(F)(F)F)Cc1ccoc1. The molecule has 0 aromatic carbocycles. The van der Waals surface area contributed by atoms with Gasteiger partial charge in [-0.2, -0.15) is 13.2 Å². The van der Waals surface area contributed by atoms with Crippen LogP contribution < -0.4 is 5.32 Å². The Labute approximate surface area is 92.2 Å². The maximum atomic E-state index is 11.8. The molecule has 0 saturated heterocycles. The van der Waals surface area contributed by atoms with E-state index in [1.54, 1.807) is 12.5 Å². The summed E-state index contributed by atoms with van der Waals surface area (Å²) in [6.07, 6.45) is -0.937. The monoisotopic (exact) mass is 236 g/mol. The molecule has 1 aromatic heterocycles. The molecule has 1 rings (SSSR count). The van der Waals surface area contributed by atoms with Crippen molar-refractivity contribution in [3.05, 3.63) is 24.2 Å². The lowest BCUT2D eigenvalue weighted by Gasteiger charge is -2.16. The zero-order valence-electron chi connectivity index (χ0n) is 9.05. The van der Waals surface area contributed by atoms with E-state index in [1.807, 2.05) is 18.0 Å². The van der Waals surface area contributed by atoms with Gasteiger partial charge in [-0.05, 0) is 13.1 Å². The smallest absolute Gasteiger partial charge is 0.401 e. The van der Waals surface area contributed by atoms with Crippen molar-refractivity contribution in [3.8, 4) is 0 Å². The highest BCUT2D eigenvalue weighted by molar-refractivity contribution is 5.04. The fourth-order valence-electron chi connectivity index (χ4n) is 1.27. The lowest BCUT2D eigenvalue weighted by atomic mass is 10.3. The molecule has 0 atom stereocenters. The standard InChI is InChI=1S/C10H15F3N2O/c1-15(6-9-2-5-16-7-9)4-3-14-8-10(11,12)13/h2,5,7,14H,3-4,6,8H2,1H3. The van der Waals surface area contributed by atoms with Gasteiger partial charge in [0.05, 0.1) is 19.1 Å². The van der Waals surface area contributed by atoms with Gasteiger partial charge in [0.1, 0.15) is 0 Å². The molecule has 0 saturated carbocycles. The van der Waals surface area contributed by atoms with E-state index in [1.165, 1.54) is 0 Å². The van der Waals surface area contributed by atoms with Crippen LogP contribution in [0, 0.1) is 0 Å². The molecule has 0 bridgehead atoms. The first kappa shape index (κ1) is 13.1. The van der Waals surface area contributed by atoms with E-state index in [2.05, 4.69) is 5.32 Å². The third-order valence-electron chi connectivity index (χ3n) is 2.03. The number of rotatable bonds is 6. The number of hydrogen-bond donors (Lipinski definition) is 1. The van der Waals surface area contributed by atoms with Gasteiger partial charge in [0, 0.05) is 25.2 Å². The molecule has 92 valence electrons. The van der Waals surface area contributed by atoms with Crippen LogP contribution in [0.3, 0.4) is 0 Å². The van der Waals surface area contributed by atoms with Crippen LogP contribution in [0.25, 0.3) is 0 Å². The van der Waals surface area contributed by atoms with Gasteiger partial charge in [-0.3, -0.25) is 0 Å². The molecule has 6 heteroatoms. The van der Waals surface area contributed by atoms with Crippen molar-refractivity contribution in [3.63, 3.8) is 0 Å². The first-order valence-corrected chi connectivity index (χ1v) is 4.94. The van der Waals surface area contributed by atoms with Crippen LogP contribution >= 0.6 is 0 Å². The minimum absolute atomic E-state index is 0.313. The van der Waals surface area contributed by atoms with E-state index in [-0.39, 0.29) is 0 Å². The average Bonchev–Trinajstić information content (AvgIpc) is 2.63. The van der Waals surface area contributed by atoms with Crippen molar-refractivity contribution in [2.45, 2.75) is 12.7 Å². The largest absolute Gasteiger partial charge is 0.472 e. The molecule has 0 aliphatic carbocycles. The third-order valence-corrected chi connectivity index (χ3v) is 2.03. The molecule has 1 heterocycles. The Bertz CT molecular complexity index is 285. The Hall–Kier alpha value is -1.01. The second-order valence-electron chi connectivity index (χ2n) is 3.66.